The maximum Gasteiger partial charge on any atom is 0.237 e. The van der Waals surface area contributed by atoms with E-state index in [-0.39, 0.29) is 5.41 Å². The third kappa shape index (κ3) is 2.09. The van der Waals surface area contributed by atoms with Crippen molar-refractivity contribution >= 4 is 32.6 Å². The van der Waals surface area contributed by atoms with E-state index in [0.717, 1.165) is 5.52 Å². The molecule has 0 N–H and O–H groups in total. The first-order valence-corrected chi connectivity index (χ1v) is 10.9. The summed E-state index contributed by atoms with van der Waals surface area (Å²) in [6.07, 6.45) is 3.14. The van der Waals surface area contributed by atoms with Crippen LogP contribution in [0.1, 0.15) is 25.0 Å². The second kappa shape index (κ2) is 6.01. The van der Waals surface area contributed by atoms with Crippen LogP contribution in [0.25, 0.3) is 49.7 Å². The normalized spacial score (nSPS) is 14.2. The first-order valence-electron chi connectivity index (χ1n) is 10.9. The summed E-state index contributed by atoms with van der Waals surface area (Å²) in [5, 5.41) is 5.01. The summed E-state index contributed by atoms with van der Waals surface area (Å²) in [5.74, 6) is 0.649. The lowest BCUT2D eigenvalue weighted by atomic mass is 9.81. The van der Waals surface area contributed by atoms with Gasteiger partial charge >= 0.3 is 0 Å². The highest BCUT2D eigenvalue weighted by molar-refractivity contribution is 6.14. The molecular formula is C28H20N4. The van der Waals surface area contributed by atoms with Crippen LogP contribution < -0.4 is 0 Å². The number of rotatable bonds is 1. The minimum absolute atomic E-state index is 0.159. The molecule has 0 spiro atoms. The van der Waals surface area contributed by atoms with Gasteiger partial charge in [0.05, 0.1) is 11.0 Å². The molecule has 0 atom stereocenters. The summed E-state index contributed by atoms with van der Waals surface area (Å²) >= 11 is 0. The molecule has 0 saturated carbocycles. The Morgan fingerprint density at radius 3 is 2.31 bits per heavy atom. The van der Waals surface area contributed by atoms with Gasteiger partial charge in [0, 0.05) is 16.2 Å². The van der Waals surface area contributed by atoms with Gasteiger partial charge in [0.1, 0.15) is 12.7 Å². The first kappa shape index (κ1) is 17.6. The summed E-state index contributed by atoms with van der Waals surface area (Å²) in [6, 6.07) is 26.3. The van der Waals surface area contributed by atoms with Crippen LogP contribution in [0.2, 0.25) is 0 Å². The second-order valence-electron chi connectivity index (χ2n) is 9.01. The zero-order valence-electron chi connectivity index (χ0n) is 17.9. The highest BCUT2D eigenvalue weighted by Gasteiger charge is 2.39. The Morgan fingerprint density at radius 2 is 1.47 bits per heavy atom. The zero-order valence-corrected chi connectivity index (χ0v) is 17.9. The van der Waals surface area contributed by atoms with E-state index in [9.17, 15) is 0 Å². The fourth-order valence-electron chi connectivity index (χ4n) is 5.67. The van der Waals surface area contributed by atoms with E-state index < -0.39 is 0 Å². The van der Waals surface area contributed by atoms with Crippen molar-refractivity contribution in [2.75, 3.05) is 0 Å². The van der Waals surface area contributed by atoms with E-state index in [1.165, 1.54) is 49.3 Å². The fraction of sp³-hybridized carbons (Fsp3) is 0.107. The Bertz CT molecular complexity index is 1690. The van der Waals surface area contributed by atoms with Gasteiger partial charge in [-0.05, 0) is 39.1 Å². The molecule has 0 unspecified atom stereocenters. The SMILES string of the molecule is CC1(C)c2ccc3ccccc3c2-c2ccc3c4ccccc4n(-c4ncncn4)c3c21. The number of para-hydroxylation sites is 1. The summed E-state index contributed by atoms with van der Waals surface area (Å²) in [6.45, 7) is 4.67. The molecule has 6 aromatic rings. The van der Waals surface area contributed by atoms with Crippen molar-refractivity contribution in [3.05, 3.63) is 96.6 Å². The van der Waals surface area contributed by atoms with Crippen LogP contribution in [0.4, 0.5) is 0 Å². The summed E-state index contributed by atoms with van der Waals surface area (Å²) in [5.41, 5.74) is 7.47. The molecule has 0 radical (unpaired) electrons. The van der Waals surface area contributed by atoms with Crippen molar-refractivity contribution in [3.63, 3.8) is 0 Å². The summed E-state index contributed by atoms with van der Waals surface area (Å²) in [4.78, 5) is 13.1. The molecule has 0 saturated heterocycles. The molecule has 152 valence electrons. The predicted molar refractivity (Wildman–Crippen MR) is 129 cm³/mol. The van der Waals surface area contributed by atoms with Crippen LogP contribution in [-0.2, 0) is 5.41 Å². The lowest BCUT2D eigenvalue weighted by Gasteiger charge is -2.23. The van der Waals surface area contributed by atoms with Crippen LogP contribution >= 0.6 is 0 Å². The number of hydrogen-bond donors (Lipinski definition) is 0. The summed E-state index contributed by atoms with van der Waals surface area (Å²) < 4.78 is 2.21. The Labute approximate surface area is 185 Å². The fourth-order valence-corrected chi connectivity index (χ4v) is 5.67. The van der Waals surface area contributed by atoms with E-state index in [4.69, 9.17) is 0 Å². The van der Waals surface area contributed by atoms with Gasteiger partial charge in [-0.15, -0.1) is 0 Å². The molecule has 4 nitrogen and oxygen atoms in total. The number of benzene rings is 4. The quantitative estimate of drug-likeness (QED) is 0.313. The molecular weight excluding hydrogens is 392 g/mol. The van der Waals surface area contributed by atoms with Crippen molar-refractivity contribution in [1.82, 2.24) is 19.5 Å². The second-order valence-corrected chi connectivity index (χ2v) is 9.01. The van der Waals surface area contributed by atoms with Gasteiger partial charge in [-0.3, -0.25) is 4.57 Å². The summed E-state index contributed by atoms with van der Waals surface area (Å²) in [7, 11) is 0. The van der Waals surface area contributed by atoms with Crippen LogP contribution in [0.5, 0.6) is 0 Å². The molecule has 2 aromatic heterocycles. The molecule has 0 amide bonds. The van der Waals surface area contributed by atoms with Crippen molar-refractivity contribution < 1.29 is 0 Å². The van der Waals surface area contributed by atoms with Crippen LogP contribution in [0.3, 0.4) is 0 Å². The number of hydrogen-bond acceptors (Lipinski definition) is 3. The van der Waals surface area contributed by atoms with Crippen LogP contribution in [0.15, 0.2) is 85.5 Å². The largest absolute Gasteiger partial charge is 0.277 e. The lowest BCUT2D eigenvalue weighted by Crippen LogP contribution is -2.17. The van der Waals surface area contributed by atoms with E-state index >= 15 is 0 Å². The van der Waals surface area contributed by atoms with Crippen LogP contribution in [-0.4, -0.2) is 19.5 Å². The first-order chi connectivity index (χ1) is 15.7. The Morgan fingerprint density at radius 1 is 0.719 bits per heavy atom. The smallest absolute Gasteiger partial charge is 0.237 e. The highest BCUT2D eigenvalue weighted by atomic mass is 15.2. The van der Waals surface area contributed by atoms with E-state index in [0.29, 0.717) is 5.95 Å². The standard InChI is InChI=1S/C28H20N4/c1-28(2)22-14-11-17-7-3-4-8-18(17)24(22)21-13-12-20-19-9-5-6-10-23(19)32(26(20)25(21)28)27-30-15-29-16-31-27/h3-16H,1-2H3. The number of aromatic nitrogens is 4. The third-order valence-corrected chi connectivity index (χ3v) is 7.01. The molecule has 4 heteroatoms. The topological polar surface area (TPSA) is 43.6 Å². The van der Waals surface area contributed by atoms with E-state index in [2.05, 4.69) is 106 Å². The monoisotopic (exact) mass is 412 g/mol. The molecule has 0 aliphatic heterocycles. The average molecular weight is 412 g/mol. The Hall–Kier alpha value is -4.05. The minimum Gasteiger partial charge on any atom is -0.277 e. The maximum atomic E-state index is 4.53. The number of fused-ring (bicyclic) bond motifs is 9. The molecule has 32 heavy (non-hydrogen) atoms. The third-order valence-electron chi connectivity index (χ3n) is 7.01. The van der Waals surface area contributed by atoms with Crippen molar-refractivity contribution in [3.8, 4) is 17.1 Å². The van der Waals surface area contributed by atoms with Gasteiger partial charge in [-0.1, -0.05) is 80.6 Å². The maximum absolute atomic E-state index is 4.53. The molecule has 1 aliphatic carbocycles. The minimum atomic E-state index is -0.159. The van der Waals surface area contributed by atoms with E-state index in [1.807, 2.05) is 0 Å². The predicted octanol–water partition coefficient (Wildman–Crippen LogP) is 6.43. The van der Waals surface area contributed by atoms with Gasteiger partial charge in [0.2, 0.25) is 5.95 Å². The lowest BCUT2D eigenvalue weighted by molar-refractivity contribution is 0.664. The van der Waals surface area contributed by atoms with E-state index in [1.54, 1.807) is 12.7 Å². The van der Waals surface area contributed by atoms with Gasteiger partial charge in [0.25, 0.3) is 0 Å². The molecule has 7 rings (SSSR count). The molecule has 0 fully saturated rings. The number of nitrogens with zero attached hydrogens (tertiary/aromatic N) is 4. The van der Waals surface area contributed by atoms with Crippen molar-refractivity contribution in [1.29, 1.82) is 0 Å². The molecule has 0 bridgehead atoms. The van der Waals surface area contributed by atoms with Crippen molar-refractivity contribution in [2.24, 2.45) is 0 Å². The van der Waals surface area contributed by atoms with Gasteiger partial charge < -0.3 is 0 Å². The molecule has 2 heterocycles. The highest BCUT2D eigenvalue weighted by Crippen LogP contribution is 2.54. The van der Waals surface area contributed by atoms with Gasteiger partial charge in [-0.25, -0.2) is 15.0 Å². The zero-order chi connectivity index (χ0) is 21.4. The molecule has 1 aliphatic rings. The van der Waals surface area contributed by atoms with Gasteiger partial charge in [0.15, 0.2) is 0 Å². The average Bonchev–Trinajstić information content (AvgIpc) is 3.29. The van der Waals surface area contributed by atoms with Gasteiger partial charge in [-0.2, -0.15) is 0 Å². The molecule has 4 aromatic carbocycles. The van der Waals surface area contributed by atoms with Crippen LogP contribution in [0, 0.1) is 0 Å². The van der Waals surface area contributed by atoms with Crippen molar-refractivity contribution in [2.45, 2.75) is 19.3 Å². The Balaban J connectivity index is 1.72. The Kier molecular flexibility index (Phi) is 3.31.